The van der Waals surface area contributed by atoms with E-state index in [-0.39, 0.29) is 5.75 Å². The number of rotatable bonds is 4. The number of ether oxygens (including phenoxy) is 1. The Morgan fingerprint density at radius 3 is 3.00 bits per heavy atom. The van der Waals surface area contributed by atoms with Crippen molar-refractivity contribution in [2.75, 3.05) is 27.2 Å². The molecule has 0 spiro atoms. The van der Waals surface area contributed by atoms with Crippen LogP contribution in [0.15, 0.2) is 18.2 Å². The summed E-state index contributed by atoms with van der Waals surface area (Å²) in [6, 6.07) is 6.19. The van der Waals surface area contributed by atoms with Crippen molar-refractivity contribution in [1.29, 1.82) is 0 Å². The van der Waals surface area contributed by atoms with Crippen LogP contribution in [0.2, 0.25) is 0 Å². The number of piperidine rings is 1. The van der Waals surface area contributed by atoms with Gasteiger partial charge >= 0.3 is 0 Å². The quantitative estimate of drug-likeness (QED) is 0.851. The molecule has 0 radical (unpaired) electrons. The molecule has 2 N–H and O–H groups in total. The van der Waals surface area contributed by atoms with Gasteiger partial charge in [0.1, 0.15) is 0 Å². The van der Waals surface area contributed by atoms with Crippen molar-refractivity contribution in [3.63, 3.8) is 0 Å². The third-order valence-electron chi connectivity index (χ3n) is 3.62. The van der Waals surface area contributed by atoms with Crippen molar-refractivity contribution >= 4 is 0 Å². The van der Waals surface area contributed by atoms with E-state index in [1.54, 1.807) is 13.2 Å². The summed E-state index contributed by atoms with van der Waals surface area (Å²) in [7, 11) is 3.68. The number of para-hydroxylation sites is 1. The summed E-state index contributed by atoms with van der Waals surface area (Å²) in [5.41, 5.74) is 0.919. The van der Waals surface area contributed by atoms with Gasteiger partial charge < -0.3 is 15.2 Å². The Morgan fingerprint density at radius 1 is 1.50 bits per heavy atom. The first-order valence-corrected chi connectivity index (χ1v) is 6.48. The van der Waals surface area contributed by atoms with Crippen LogP contribution in [-0.4, -0.2) is 43.3 Å². The van der Waals surface area contributed by atoms with Gasteiger partial charge in [0, 0.05) is 24.7 Å². The predicted molar refractivity (Wildman–Crippen MR) is 72.0 cm³/mol. The third-order valence-corrected chi connectivity index (χ3v) is 3.62. The van der Waals surface area contributed by atoms with Gasteiger partial charge in [0.15, 0.2) is 11.5 Å². The standard InChI is InChI=1S/C14H22N2O2/c1-16(12-6-4-8-15-9-12)10-11-5-3-7-13(18-2)14(11)17/h3,5,7,12,15,17H,4,6,8-10H2,1-2H3. The van der Waals surface area contributed by atoms with Crippen LogP contribution in [0.1, 0.15) is 18.4 Å². The Labute approximate surface area is 109 Å². The molecule has 1 fully saturated rings. The fraction of sp³-hybridized carbons (Fsp3) is 0.571. The summed E-state index contributed by atoms with van der Waals surface area (Å²) in [4.78, 5) is 2.29. The molecule has 0 aliphatic carbocycles. The number of likely N-dealkylation sites (N-methyl/N-ethyl adjacent to an activating group) is 1. The van der Waals surface area contributed by atoms with E-state index in [0.29, 0.717) is 11.8 Å². The topological polar surface area (TPSA) is 44.7 Å². The van der Waals surface area contributed by atoms with Gasteiger partial charge in [-0.25, -0.2) is 0 Å². The molecular formula is C14H22N2O2. The van der Waals surface area contributed by atoms with Crippen LogP contribution >= 0.6 is 0 Å². The second-order valence-corrected chi connectivity index (χ2v) is 4.88. The zero-order chi connectivity index (χ0) is 13.0. The Kier molecular flexibility index (Phi) is 4.44. The van der Waals surface area contributed by atoms with Gasteiger partial charge in [-0.1, -0.05) is 12.1 Å². The van der Waals surface area contributed by atoms with Crippen molar-refractivity contribution in [3.8, 4) is 11.5 Å². The second-order valence-electron chi connectivity index (χ2n) is 4.88. The van der Waals surface area contributed by atoms with Gasteiger partial charge in [-0.3, -0.25) is 4.90 Å². The van der Waals surface area contributed by atoms with Crippen LogP contribution in [0, 0.1) is 0 Å². The molecule has 1 aromatic rings. The highest BCUT2D eigenvalue weighted by molar-refractivity contribution is 5.45. The monoisotopic (exact) mass is 250 g/mol. The van der Waals surface area contributed by atoms with Crippen LogP contribution in [0.3, 0.4) is 0 Å². The minimum atomic E-state index is 0.260. The predicted octanol–water partition coefficient (Wildman–Crippen LogP) is 1.58. The zero-order valence-electron chi connectivity index (χ0n) is 11.1. The van der Waals surface area contributed by atoms with E-state index >= 15 is 0 Å². The average molecular weight is 250 g/mol. The van der Waals surface area contributed by atoms with Crippen molar-refractivity contribution in [2.45, 2.75) is 25.4 Å². The van der Waals surface area contributed by atoms with Crippen molar-refractivity contribution in [3.05, 3.63) is 23.8 Å². The fourth-order valence-electron chi connectivity index (χ4n) is 2.47. The molecule has 18 heavy (non-hydrogen) atoms. The number of methoxy groups -OCH3 is 1. The first kappa shape index (κ1) is 13.2. The summed E-state index contributed by atoms with van der Waals surface area (Å²) in [5.74, 6) is 0.804. The molecule has 4 heteroatoms. The van der Waals surface area contributed by atoms with Gasteiger partial charge in [-0.05, 0) is 32.5 Å². The summed E-state index contributed by atoms with van der Waals surface area (Å²) < 4.78 is 5.13. The highest BCUT2D eigenvalue weighted by Gasteiger charge is 2.19. The van der Waals surface area contributed by atoms with E-state index in [4.69, 9.17) is 4.74 Å². The molecule has 1 atom stereocenters. The van der Waals surface area contributed by atoms with E-state index in [1.807, 2.05) is 12.1 Å². The smallest absolute Gasteiger partial charge is 0.162 e. The van der Waals surface area contributed by atoms with Crippen LogP contribution in [-0.2, 0) is 6.54 Å². The Hall–Kier alpha value is -1.26. The minimum Gasteiger partial charge on any atom is -0.504 e. The molecule has 0 aromatic heterocycles. The SMILES string of the molecule is COc1cccc(CN(C)C2CCCNC2)c1O. The number of phenolic OH excluding ortho intramolecular Hbond substituents is 1. The first-order chi connectivity index (χ1) is 8.72. The molecule has 1 unspecified atom stereocenters. The molecule has 1 aliphatic heterocycles. The maximum Gasteiger partial charge on any atom is 0.162 e. The van der Waals surface area contributed by atoms with E-state index in [1.165, 1.54) is 12.8 Å². The number of phenols is 1. The van der Waals surface area contributed by atoms with Crippen molar-refractivity contribution in [2.24, 2.45) is 0 Å². The largest absolute Gasteiger partial charge is 0.504 e. The molecule has 0 bridgehead atoms. The molecule has 4 nitrogen and oxygen atoms in total. The van der Waals surface area contributed by atoms with Gasteiger partial charge in [0.25, 0.3) is 0 Å². The first-order valence-electron chi connectivity index (χ1n) is 6.48. The van der Waals surface area contributed by atoms with Gasteiger partial charge in [-0.15, -0.1) is 0 Å². The lowest BCUT2D eigenvalue weighted by atomic mass is 10.1. The lowest BCUT2D eigenvalue weighted by Gasteiger charge is -2.31. The Balaban J connectivity index is 2.04. The highest BCUT2D eigenvalue weighted by atomic mass is 16.5. The molecule has 1 aliphatic rings. The third kappa shape index (κ3) is 2.94. The van der Waals surface area contributed by atoms with Crippen molar-refractivity contribution in [1.82, 2.24) is 10.2 Å². The van der Waals surface area contributed by atoms with Crippen LogP contribution < -0.4 is 10.1 Å². The average Bonchev–Trinajstić information content (AvgIpc) is 2.42. The van der Waals surface area contributed by atoms with E-state index in [0.717, 1.165) is 25.2 Å². The fourth-order valence-corrected chi connectivity index (χ4v) is 2.47. The lowest BCUT2D eigenvalue weighted by Crippen LogP contribution is -2.43. The molecular weight excluding hydrogens is 228 g/mol. The number of nitrogens with zero attached hydrogens (tertiary/aromatic N) is 1. The Morgan fingerprint density at radius 2 is 2.33 bits per heavy atom. The number of nitrogens with one attached hydrogen (secondary N) is 1. The van der Waals surface area contributed by atoms with Crippen LogP contribution in [0.25, 0.3) is 0 Å². The molecule has 0 saturated carbocycles. The molecule has 0 amide bonds. The van der Waals surface area contributed by atoms with E-state index in [9.17, 15) is 5.11 Å². The zero-order valence-corrected chi connectivity index (χ0v) is 11.1. The highest BCUT2D eigenvalue weighted by Crippen LogP contribution is 2.30. The lowest BCUT2D eigenvalue weighted by molar-refractivity contribution is 0.193. The molecule has 1 saturated heterocycles. The number of benzene rings is 1. The van der Waals surface area contributed by atoms with Crippen LogP contribution in [0.4, 0.5) is 0 Å². The normalized spacial score (nSPS) is 20.1. The summed E-state index contributed by atoms with van der Waals surface area (Å²) >= 11 is 0. The van der Waals surface area contributed by atoms with Crippen LogP contribution in [0.5, 0.6) is 11.5 Å². The van der Waals surface area contributed by atoms with E-state index < -0.39 is 0 Å². The maximum absolute atomic E-state index is 10.1. The summed E-state index contributed by atoms with van der Waals surface area (Å²) in [6.45, 7) is 2.89. The molecule has 1 heterocycles. The number of aromatic hydroxyl groups is 1. The summed E-state index contributed by atoms with van der Waals surface area (Å²) in [6.07, 6.45) is 2.44. The maximum atomic E-state index is 10.1. The number of hydrogen-bond donors (Lipinski definition) is 2. The Bertz CT molecular complexity index is 389. The number of hydrogen-bond acceptors (Lipinski definition) is 4. The van der Waals surface area contributed by atoms with Gasteiger partial charge in [-0.2, -0.15) is 0 Å². The molecule has 1 aromatic carbocycles. The summed E-state index contributed by atoms with van der Waals surface area (Å²) in [5, 5.41) is 13.5. The second kappa shape index (κ2) is 6.07. The van der Waals surface area contributed by atoms with Crippen molar-refractivity contribution < 1.29 is 9.84 Å². The minimum absolute atomic E-state index is 0.260. The molecule has 100 valence electrons. The molecule has 2 rings (SSSR count). The van der Waals surface area contributed by atoms with Gasteiger partial charge in [0.2, 0.25) is 0 Å². The van der Waals surface area contributed by atoms with E-state index in [2.05, 4.69) is 17.3 Å². The van der Waals surface area contributed by atoms with Gasteiger partial charge in [0.05, 0.1) is 7.11 Å².